The highest BCUT2D eigenvalue weighted by Crippen LogP contribution is 2.67. The summed E-state index contributed by atoms with van der Waals surface area (Å²) in [5, 5.41) is 11.1. The molecule has 1 saturated heterocycles. The molecule has 7 nitrogen and oxygen atoms in total. The average molecular weight is 569 g/mol. The van der Waals surface area contributed by atoms with Crippen molar-refractivity contribution in [2.24, 2.45) is 11.8 Å². The molecule has 3 aliphatic carbocycles. The lowest BCUT2D eigenvalue weighted by Crippen LogP contribution is -2.79. The second-order valence-electron chi connectivity index (χ2n) is 13.4. The smallest absolute Gasteiger partial charge is 0.303 e. The minimum Gasteiger partial charge on any atom is -0.504 e. The molecule has 220 valence electrons. The van der Waals surface area contributed by atoms with E-state index in [-0.39, 0.29) is 35.6 Å². The summed E-state index contributed by atoms with van der Waals surface area (Å²) in [4.78, 5) is 31.3. The van der Waals surface area contributed by atoms with Gasteiger partial charge in [-0.05, 0) is 80.7 Å². The van der Waals surface area contributed by atoms with Crippen LogP contribution in [0.15, 0.2) is 42.5 Å². The molecule has 7 heteroatoms. The normalized spacial score (nSPS) is 30.5. The van der Waals surface area contributed by atoms with Crippen molar-refractivity contribution in [1.82, 2.24) is 9.80 Å². The number of esters is 1. The molecule has 0 unspecified atom stereocenters. The topological polar surface area (TPSA) is 79.3 Å². The molecular formula is C35H40N2O5. The van der Waals surface area contributed by atoms with Crippen LogP contribution >= 0.6 is 0 Å². The Morgan fingerprint density at radius 3 is 2.64 bits per heavy atom. The largest absolute Gasteiger partial charge is 0.504 e. The summed E-state index contributed by atoms with van der Waals surface area (Å²) in [7, 11) is 0. The van der Waals surface area contributed by atoms with Crippen LogP contribution in [0.4, 0.5) is 0 Å². The van der Waals surface area contributed by atoms with Crippen LogP contribution in [0.3, 0.4) is 0 Å². The maximum atomic E-state index is 13.9. The Morgan fingerprint density at radius 2 is 1.93 bits per heavy atom. The van der Waals surface area contributed by atoms with E-state index in [1.807, 2.05) is 41.3 Å². The van der Waals surface area contributed by atoms with Crippen LogP contribution < -0.4 is 4.74 Å². The molecule has 2 aromatic rings. The van der Waals surface area contributed by atoms with Crippen LogP contribution in [0.25, 0.3) is 0 Å². The zero-order chi connectivity index (χ0) is 29.2. The summed E-state index contributed by atoms with van der Waals surface area (Å²) in [5.74, 6) is 7.01. The average Bonchev–Trinajstić information content (AvgIpc) is 3.71. The van der Waals surface area contributed by atoms with Gasteiger partial charge >= 0.3 is 5.97 Å². The maximum absolute atomic E-state index is 13.9. The van der Waals surface area contributed by atoms with Gasteiger partial charge in [0, 0.05) is 37.1 Å². The number of phenolic OH excluding ortho intramolecular Hbond substituents is 1. The number of ether oxygens (including phenoxy) is 2. The molecule has 42 heavy (non-hydrogen) atoms. The van der Waals surface area contributed by atoms with E-state index in [2.05, 4.69) is 30.6 Å². The summed E-state index contributed by atoms with van der Waals surface area (Å²) in [5.41, 5.74) is 1.50. The minimum atomic E-state index is -0.790. The third-order valence-corrected chi connectivity index (χ3v) is 10.3. The minimum absolute atomic E-state index is 0.0258. The van der Waals surface area contributed by atoms with Gasteiger partial charge in [-0.15, -0.1) is 0 Å². The summed E-state index contributed by atoms with van der Waals surface area (Å²) in [6, 6.07) is 13.1. The number of rotatable bonds is 6. The van der Waals surface area contributed by atoms with E-state index < -0.39 is 17.1 Å². The second-order valence-corrected chi connectivity index (χ2v) is 13.4. The van der Waals surface area contributed by atoms with Crippen molar-refractivity contribution in [1.29, 1.82) is 0 Å². The van der Waals surface area contributed by atoms with E-state index in [0.29, 0.717) is 31.1 Å². The SMILES string of the molecule is CC(=O)O[C@@]12CC[C@H](N(CC(C)C)C(=O)C#Cc3ccccc3)[C@@H]3Oc4c(O)ccc5c4[C@@]31CCN(CC1CC1)[C@@H]2C5. The van der Waals surface area contributed by atoms with E-state index >= 15 is 0 Å². The van der Waals surface area contributed by atoms with E-state index in [9.17, 15) is 14.7 Å². The maximum Gasteiger partial charge on any atom is 0.303 e. The fraction of sp³-hybridized carbons (Fsp3) is 0.543. The Labute approximate surface area is 248 Å². The lowest BCUT2D eigenvalue weighted by atomic mass is 9.48. The first-order valence-electron chi connectivity index (χ1n) is 15.6. The van der Waals surface area contributed by atoms with Gasteiger partial charge in [0.25, 0.3) is 5.91 Å². The van der Waals surface area contributed by atoms with Crippen molar-refractivity contribution >= 4 is 11.9 Å². The van der Waals surface area contributed by atoms with Gasteiger partial charge in [-0.25, -0.2) is 0 Å². The number of carbonyl (C=O) groups is 2. The Kier molecular flexibility index (Phi) is 6.54. The lowest BCUT2D eigenvalue weighted by Gasteiger charge is -2.65. The Bertz CT molecular complexity index is 1470. The van der Waals surface area contributed by atoms with Gasteiger partial charge in [-0.2, -0.15) is 0 Å². The fourth-order valence-electron chi connectivity index (χ4n) is 8.69. The summed E-state index contributed by atoms with van der Waals surface area (Å²) < 4.78 is 13.4. The summed E-state index contributed by atoms with van der Waals surface area (Å²) >= 11 is 0. The molecule has 7 rings (SSSR count). The predicted octanol–water partition coefficient (Wildman–Crippen LogP) is 4.43. The number of benzene rings is 2. The van der Waals surface area contributed by atoms with Crippen molar-refractivity contribution in [3.63, 3.8) is 0 Å². The zero-order valence-corrected chi connectivity index (χ0v) is 24.8. The van der Waals surface area contributed by atoms with Crippen molar-refractivity contribution in [3.05, 3.63) is 59.2 Å². The van der Waals surface area contributed by atoms with E-state index in [1.165, 1.54) is 19.8 Å². The number of likely N-dealkylation sites (tertiary alicyclic amines) is 1. The van der Waals surface area contributed by atoms with Crippen LogP contribution in [0.2, 0.25) is 0 Å². The Balaban J connectivity index is 1.35. The third kappa shape index (κ3) is 4.13. The zero-order valence-electron chi connectivity index (χ0n) is 24.8. The summed E-state index contributed by atoms with van der Waals surface area (Å²) in [6.45, 7) is 8.15. The highest BCUT2D eigenvalue weighted by molar-refractivity contribution is 5.94. The fourth-order valence-corrected chi connectivity index (χ4v) is 8.69. The standard InChI is InChI=1S/C35H40N2O5/c1-22(2)20-37(30(40)14-11-24-7-5-4-6-8-24)27-15-16-35(42-23(3)38)29-19-26-12-13-28(39)32-31(26)34(35,33(27)41-32)17-18-36(29)21-25-9-10-25/h4-8,12-13,22,25,27,29,33,39H,9-10,15-21H2,1-3H3/t27-,29+,33-,34-,35+/m0/s1. The second kappa shape index (κ2) is 10.1. The van der Waals surface area contributed by atoms with Gasteiger partial charge in [0.05, 0.1) is 17.5 Å². The van der Waals surface area contributed by atoms with Crippen LogP contribution in [0.1, 0.15) is 69.6 Å². The number of aromatic hydroxyl groups is 1. The molecule has 1 amide bonds. The van der Waals surface area contributed by atoms with Crippen LogP contribution in [-0.2, 0) is 26.2 Å². The van der Waals surface area contributed by atoms with Gasteiger partial charge < -0.3 is 19.5 Å². The van der Waals surface area contributed by atoms with Gasteiger partial charge in [-0.3, -0.25) is 14.5 Å². The quantitative estimate of drug-likeness (QED) is 0.410. The monoisotopic (exact) mass is 568 g/mol. The van der Waals surface area contributed by atoms with Gasteiger partial charge in [0.2, 0.25) is 0 Å². The first kappa shape index (κ1) is 27.3. The van der Waals surface area contributed by atoms with Crippen molar-refractivity contribution in [2.45, 2.75) is 88.5 Å². The molecule has 5 atom stereocenters. The first-order valence-corrected chi connectivity index (χ1v) is 15.6. The number of phenols is 1. The molecule has 2 bridgehead atoms. The van der Waals surface area contributed by atoms with Crippen LogP contribution in [0.5, 0.6) is 11.5 Å². The van der Waals surface area contributed by atoms with Gasteiger partial charge in [0.15, 0.2) is 11.5 Å². The third-order valence-electron chi connectivity index (χ3n) is 10.3. The molecule has 1 spiro atoms. The van der Waals surface area contributed by atoms with E-state index in [1.54, 1.807) is 6.07 Å². The van der Waals surface area contributed by atoms with Gasteiger partial charge in [0.1, 0.15) is 11.7 Å². The number of nitrogens with zero attached hydrogens (tertiary/aromatic N) is 2. The first-order chi connectivity index (χ1) is 20.2. The van der Waals surface area contributed by atoms with Crippen molar-refractivity contribution in [3.8, 4) is 23.3 Å². The lowest BCUT2D eigenvalue weighted by molar-refractivity contribution is -0.224. The Hall–Kier alpha value is -3.50. The number of hydrogen-bond donors (Lipinski definition) is 1. The van der Waals surface area contributed by atoms with E-state index in [0.717, 1.165) is 42.6 Å². The van der Waals surface area contributed by atoms with E-state index in [4.69, 9.17) is 9.47 Å². The molecule has 0 aromatic heterocycles. The number of amides is 1. The molecule has 2 saturated carbocycles. The Morgan fingerprint density at radius 1 is 1.14 bits per heavy atom. The molecule has 0 radical (unpaired) electrons. The number of carbonyl (C=O) groups excluding carboxylic acids is 2. The van der Waals surface area contributed by atoms with Gasteiger partial charge in [-0.1, -0.05) is 44.0 Å². The van der Waals surface area contributed by atoms with Crippen LogP contribution in [0, 0.1) is 23.7 Å². The highest BCUT2D eigenvalue weighted by atomic mass is 16.6. The molecule has 2 heterocycles. The molecule has 3 fully saturated rings. The van der Waals surface area contributed by atoms with Crippen molar-refractivity contribution < 1.29 is 24.2 Å². The van der Waals surface area contributed by atoms with Crippen LogP contribution in [-0.4, -0.2) is 70.2 Å². The predicted molar refractivity (Wildman–Crippen MR) is 158 cm³/mol. The molecular weight excluding hydrogens is 528 g/mol. The number of hydrogen-bond acceptors (Lipinski definition) is 6. The summed E-state index contributed by atoms with van der Waals surface area (Å²) in [6.07, 6.45) is 4.81. The van der Waals surface area contributed by atoms with Crippen molar-refractivity contribution in [2.75, 3.05) is 19.6 Å². The molecule has 5 aliphatic rings. The highest BCUT2D eigenvalue weighted by Gasteiger charge is 2.75. The number of piperidine rings is 1. The molecule has 1 N–H and O–H groups in total. The molecule has 2 aliphatic heterocycles. The molecule has 2 aromatic carbocycles.